The maximum absolute atomic E-state index is 11.9. The summed E-state index contributed by atoms with van der Waals surface area (Å²) in [4.78, 5) is 23.8. The Morgan fingerprint density at radius 2 is 1.65 bits per heavy atom. The topological polar surface area (TPSA) is 70.2 Å². The number of nitrogens with one attached hydrogen (secondary N) is 3. The molecule has 0 bridgehead atoms. The molecular formula is C20H21N3O2S. The molecule has 0 unspecified atom stereocenters. The Bertz CT molecular complexity index is 800. The van der Waals surface area contributed by atoms with Crippen molar-refractivity contribution in [2.45, 2.75) is 19.9 Å². The van der Waals surface area contributed by atoms with Crippen LogP contribution >= 0.6 is 12.2 Å². The molecule has 134 valence electrons. The monoisotopic (exact) mass is 367 g/mol. The second kappa shape index (κ2) is 9.48. The number of hydrogen-bond donors (Lipinski definition) is 3. The van der Waals surface area contributed by atoms with E-state index in [9.17, 15) is 9.59 Å². The van der Waals surface area contributed by atoms with Gasteiger partial charge in [0.15, 0.2) is 5.11 Å². The number of hydrogen-bond acceptors (Lipinski definition) is 3. The van der Waals surface area contributed by atoms with E-state index in [0.717, 1.165) is 5.56 Å². The highest BCUT2D eigenvalue weighted by atomic mass is 32.1. The molecule has 2 aromatic rings. The van der Waals surface area contributed by atoms with Gasteiger partial charge in [0, 0.05) is 23.4 Å². The van der Waals surface area contributed by atoms with Crippen molar-refractivity contribution in [2.75, 3.05) is 5.32 Å². The smallest absolute Gasteiger partial charge is 0.251 e. The van der Waals surface area contributed by atoms with Gasteiger partial charge in [-0.3, -0.25) is 14.9 Å². The van der Waals surface area contributed by atoms with Gasteiger partial charge in [-0.2, -0.15) is 0 Å². The lowest BCUT2D eigenvalue weighted by Gasteiger charge is -2.10. The Balaban J connectivity index is 1.86. The van der Waals surface area contributed by atoms with Crippen molar-refractivity contribution >= 4 is 40.9 Å². The molecule has 0 aliphatic heterocycles. The zero-order valence-electron chi connectivity index (χ0n) is 14.7. The minimum Gasteiger partial charge on any atom is -0.350 e. The Morgan fingerprint density at radius 1 is 1.00 bits per heavy atom. The van der Waals surface area contributed by atoms with Crippen molar-refractivity contribution in [2.24, 2.45) is 0 Å². The third kappa shape index (κ3) is 6.49. The van der Waals surface area contributed by atoms with Crippen LogP contribution in [0.5, 0.6) is 0 Å². The molecule has 0 spiro atoms. The largest absolute Gasteiger partial charge is 0.350 e. The lowest BCUT2D eigenvalue weighted by atomic mass is 10.2. The van der Waals surface area contributed by atoms with Gasteiger partial charge >= 0.3 is 0 Å². The summed E-state index contributed by atoms with van der Waals surface area (Å²) in [5, 5.41) is 8.50. The Labute approximate surface area is 158 Å². The molecule has 0 atom stereocenters. The van der Waals surface area contributed by atoms with Gasteiger partial charge in [0.1, 0.15) is 0 Å². The molecule has 0 saturated carbocycles. The summed E-state index contributed by atoms with van der Waals surface area (Å²) in [6.07, 6.45) is 3.13. The highest BCUT2D eigenvalue weighted by Crippen LogP contribution is 2.10. The number of carbonyl (C=O) groups is 2. The van der Waals surface area contributed by atoms with E-state index in [2.05, 4.69) is 16.0 Å². The first-order valence-electron chi connectivity index (χ1n) is 8.20. The van der Waals surface area contributed by atoms with Gasteiger partial charge in [0.25, 0.3) is 5.91 Å². The Kier molecular flexibility index (Phi) is 7.05. The van der Waals surface area contributed by atoms with Crippen LogP contribution in [0.3, 0.4) is 0 Å². The lowest BCUT2D eigenvalue weighted by molar-refractivity contribution is -0.115. The normalized spacial score (nSPS) is 10.6. The van der Waals surface area contributed by atoms with E-state index in [1.165, 1.54) is 6.08 Å². The summed E-state index contributed by atoms with van der Waals surface area (Å²) in [5.41, 5.74) is 2.17. The molecule has 3 N–H and O–H groups in total. The van der Waals surface area contributed by atoms with E-state index in [1.54, 1.807) is 30.3 Å². The zero-order chi connectivity index (χ0) is 18.9. The first-order valence-corrected chi connectivity index (χ1v) is 8.61. The highest BCUT2D eigenvalue weighted by Gasteiger charge is 2.07. The van der Waals surface area contributed by atoms with Crippen LogP contribution in [0.25, 0.3) is 6.08 Å². The van der Waals surface area contributed by atoms with Gasteiger partial charge < -0.3 is 10.6 Å². The number of amides is 2. The third-order valence-electron chi connectivity index (χ3n) is 3.29. The van der Waals surface area contributed by atoms with Crippen molar-refractivity contribution in [3.8, 4) is 0 Å². The van der Waals surface area contributed by atoms with E-state index in [4.69, 9.17) is 12.2 Å². The van der Waals surface area contributed by atoms with Crippen LogP contribution in [-0.2, 0) is 4.79 Å². The molecular weight excluding hydrogens is 346 g/mol. The molecule has 0 saturated heterocycles. The average Bonchev–Trinajstić information content (AvgIpc) is 2.61. The summed E-state index contributed by atoms with van der Waals surface area (Å²) in [7, 11) is 0. The quantitative estimate of drug-likeness (QED) is 0.560. The van der Waals surface area contributed by atoms with Crippen molar-refractivity contribution in [1.29, 1.82) is 0 Å². The number of benzene rings is 2. The van der Waals surface area contributed by atoms with Crippen molar-refractivity contribution in [3.63, 3.8) is 0 Å². The number of anilines is 1. The first-order chi connectivity index (χ1) is 12.4. The molecule has 2 rings (SSSR count). The highest BCUT2D eigenvalue weighted by molar-refractivity contribution is 7.80. The molecule has 0 heterocycles. The van der Waals surface area contributed by atoms with E-state index in [1.807, 2.05) is 44.2 Å². The van der Waals surface area contributed by atoms with Crippen LogP contribution < -0.4 is 16.0 Å². The number of carbonyl (C=O) groups excluding carboxylic acids is 2. The second-order valence-corrected chi connectivity index (χ2v) is 6.30. The summed E-state index contributed by atoms with van der Waals surface area (Å²) in [5.74, 6) is -0.451. The van der Waals surface area contributed by atoms with Gasteiger partial charge in [0.2, 0.25) is 5.91 Å². The fraction of sp³-hybridized carbons (Fsp3) is 0.150. The summed E-state index contributed by atoms with van der Waals surface area (Å²) >= 11 is 5.13. The van der Waals surface area contributed by atoms with Crippen molar-refractivity contribution < 1.29 is 9.59 Å². The Hall–Kier alpha value is -2.99. The van der Waals surface area contributed by atoms with Crippen LogP contribution in [0.1, 0.15) is 29.8 Å². The molecule has 5 nitrogen and oxygen atoms in total. The molecule has 0 aliphatic carbocycles. The van der Waals surface area contributed by atoms with Crippen LogP contribution in [0.2, 0.25) is 0 Å². The minimum absolute atomic E-state index is 0.0760. The first kappa shape index (κ1) is 19.3. The van der Waals surface area contributed by atoms with Gasteiger partial charge in [-0.15, -0.1) is 0 Å². The van der Waals surface area contributed by atoms with E-state index >= 15 is 0 Å². The fourth-order valence-corrected chi connectivity index (χ4v) is 2.32. The summed E-state index contributed by atoms with van der Waals surface area (Å²) in [6.45, 7) is 3.81. The van der Waals surface area contributed by atoms with Gasteiger partial charge in [0.05, 0.1) is 0 Å². The lowest BCUT2D eigenvalue weighted by Crippen LogP contribution is -2.33. The van der Waals surface area contributed by atoms with E-state index in [0.29, 0.717) is 11.3 Å². The number of rotatable bonds is 5. The predicted octanol–water partition coefficient (Wildman–Crippen LogP) is 3.35. The molecule has 0 aromatic heterocycles. The number of thiocarbonyl (C=S) groups is 1. The molecule has 0 aliphatic rings. The molecule has 26 heavy (non-hydrogen) atoms. The van der Waals surface area contributed by atoms with Gasteiger partial charge in [-0.25, -0.2) is 0 Å². The molecule has 0 fully saturated rings. The van der Waals surface area contributed by atoms with Crippen molar-refractivity contribution in [1.82, 2.24) is 10.6 Å². The Morgan fingerprint density at radius 3 is 2.27 bits per heavy atom. The molecule has 2 amide bonds. The van der Waals surface area contributed by atoms with Crippen molar-refractivity contribution in [3.05, 3.63) is 71.8 Å². The third-order valence-corrected chi connectivity index (χ3v) is 3.49. The molecule has 0 radical (unpaired) electrons. The zero-order valence-corrected chi connectivity index (χ0v) is 15.5. The fourth-order valence-electron chi connectivity index (χ4n) is 2.10. The SMILES string of the molecule is CC(C)NC(=O)c1ccc(NC(=S)NC(=O)/C=C/c2ccccc2)cc1. The predicted molar refractivity (Wildman–Crippen MR) is 109 cm³/mol. The summed E-state index contributed by atoms with van der Waals surface area (Å²) in [6, 6.07) is 16.4. The maximum atomic E-state index is 11.9. The van der Waals surface area contributed by atoms with Gasteiger partial charge in [-0.1, -0.05) is 30.3 Å². The average molecular weight is 367 g/mol. The second-order valence-electron chi connectivity index (χ2n) is 5.89. The van der Waals surface area contributed by atoms with Gasteiger partial charge in [-0.05, 0) is 62.0 Å². The maximum Gasteiger partial charge on any atom is 0.251 e. The minimum atomic E-state index is -0.320. The summed E-state index contributed by atoms with van der Waals surface area (Å²) < 4.78 is 0. The van der Waals surface area contributed by atoms with Crippen LogP contribution in [0.4, 0.5) is 5.69 Å². The van der Waals surface area contributed by atoms with E-state index in [-0.39, 0.29) is 23.0 Å². The van der Waals surface area contributed by atoms with Crippen LogP contribution in [0.15, 0.2) is 60.7 Å². The standard InChI is InChI=1S/C20H21N3O2S/c1-14(2)21-19(25)16-9-11-17(12-10-16)22-20(26)23-18(24)13-8-15-6-4-3-5-7-15/h3-14H,1-2H3,(H,21,25)(H2,22,23,24,26)/b13-8+. The van der Waals surface area contributed by atoms with Crippen LogP contribution in [-0.4, -0.2) is 23.0 Å². The van der Waals surface area contributed by atoms with E-state index < -0.39 is 0 Å². The molecule has 2 aromatic carbocycles. The van der Waals surface area contributed by atoms with Crippen LogP contribution in [0, 0.1) is 0 Å². The molecule has 6 heteroatoms.